The molecule has 3 aliphatic rings. The van der Waals surface area contributed by atoms with Crippen molar-refractivity contribution in [3.05, 3.63) is 47.5 Å². The molecule has 193 valence electrons. The summed E-state index contributed by atoms with van der Waals surface area (Å²) < 4.78 is 19.4. The second kappa shape index (κ2) is 13.5. The van der Waals surface area contributed by atoms with Crippen molar-refractivity contribution in [1.29, 1.82) is 5.41 Å². The number of aryl methyl sites for hydroxylation is 1. The molecule has 0 aliphatic heterocycles. The number of carbonyl (C=O) groups excluding carboxylic acids is 1. The Labute approximate surface area is 226 Å². The molecule has 6 rings (SSSR count). The van der Waals surface area contributed by atoms with Gasteiger partial charge in [-0.2, -0.15) is 0 Å². The number of anilines is 1. The van der Waals surface area contributed by atoms with Gasteiger partial charge in [0.05, 0.1) is 12.5 Å². The summed E-state index contributed by atoms with van der Waals surface area (Å²) in [4.78, 5) is 21.8. The predicted octanol–water partition coefficient (Wildman–Crippen LogP) is 5.41. The van der Waals surface area contributed by atoms with E-state index in [0.717, 1.165) is 30.0 Å². The van der Waals surface area contributed by atoms with E-state index in [1.54, 1.807) is 0 Å². The molecule has 0 aromatic carbocycles. The monoisotopic (exact) mass is 663 g/mol. The van der Waals surface area contributed by atoms with Crippen LogP contribution in [0.1, 0.15) is 57.3 Å². The molecular weight excluding hydrogens is 630 g/mol. The van der Waals surface area contributed by atoms with Crippen LogP contribution < -0.4 is 5.32 Å². The van der Waals surface area contributed by atoms with Crippen LogP contribution in [0.25, 0.3) is 16.8 Å². The summed E-state index contributed by atoms with van der Waals surface area (Å²) in [5.74, 6) is 1.58. The number of aromatic nitrogens is 4. The van der Waals surface area contributed by atoms with Crippen molar-refractivity contribution in [1.82, 2.24) is 19.5 Å². The SMILES string of the molecule is CC.COC=O.Cn1ccc2c(NC3CC4CCC3CC4)nc(C(=N)c3cc(F)cnc3[NH-])nc21.[Ta]. The van der Waals surface area contributed by atoms with Crippen molar-refractivity contribution in [2.45, 2.75) is 52.0 Å². The Morgan fingerprint density at radius 3 is 2.53 bits per heavy atom. The third-order valence-corrected chi connectivity index (χ3v) is 6.54. The molecule has 3 heterocycles. The van der Waals surface area contributed by atoms with Crippen LogP contribution in [0.5, 0.6) is 0 Å². The summed E-state index contributed by atoms with van der Waals surface area (Å²) >= 11 is 0. The Kier molecular flexibility index (Phi) is 11.0. The number of hydrogen-bond acceptors (Lipinski definition) is 7. The molecule has 3 fully saturated rings. The van der Waals surface area contributed by atoms with Crippen molar-refractivity contribution < 1.29 is 36.3 Å². The minimum atomic E-state index is -0.586. The van der Waals surface area contributed by atoms with Crippen molar-refractivity contribution in [2.75, 3.05) is 12.4 Å². The molecule has 3 saturated carbocycles. The van der Waals surface area contributed by atoms with Crippen LogP contribution in [0.2, 0.25) is 0 Å². The Morgan fingerprint density at radius 2 is 1.94 bits per heavy atom. The van der Waals surface area contributed by atoms with E-state index in [4.69, 9.17) is 15.9 Å². The fourth-order valence-corrected chi connectivity index (χ4v) is 4.84. The number of fused-ring (bicyclic) bond motifs is 4. The number of rotatable bonds is 5. The van der Waals surface area contributed by atoms with E-state index in [9.17, 15) is 4.39 Å². The fourth-order valence-electron chi connectivity index (χ4n) is 4.84. The Morgan fingerprint density at radius 1 is 1.28 bits per heavy atom. The number of nitrogens with one attached hydrogen (secondary N) is 3. The molecular formula is C25H33FN7O2Ta-. The minimum absolute atomic E-state index is 0. The van der Waals surface area contributed by atoms with Crippen LogP contribution >= 0.6 is 0 Å². The van der Waals surface area contributed by atoms with Crippen LogP contribution in [0.3, 0.4) is 0 Å². The zero-order chi connectivity index (χ0) is 25.5. The van der Waals surface area contributed by atoms with Crippen LogP contribution in [0, 0.1) is 23.1 Å². The summed E-state index contributed by atoms with van der Waals surface area (Å²) in [5.41, 5.74) is 8.64. The van der Waals surface area contributed by atoms with E-state index < -0.39 is 5.82 Å². The zero-order valence-corrected chi connectivity index (χ0v) is 24.3. The molecule has 3 aromatic rings. The smallest absolute Gasteiger partial charge is 0.292 e. The normalized spacial score (nSPS) is 19.6. The maximum atomic E-state index is 13.7. The molecule has 1 unspecified atom stereocenters. The topological polar surface area (TPSA) is 130 Å². The summed E-state index contributed by atoms with van der Waals surface area (Å²) in [7, 11) is 3.21. The molecule has 0 saturated heterocycles. The van der Waals surface area contributed by atoms with E-state index in [0.29, 0.717) is 29.9 Å². The van der Waals surface area contributed by atoms with Gasteiger partial charge in [0.15, 0.2) is 5.82 Å². The Bertz CT molecular complexity index is 1180. The third kappa shape index (κ3) is 6.48. The minimum Gasteiger partial charge on any atom is -0.482 e. The van der Waals surface area contributed by atoms with Gasteiger partial charge in [0.1, 0.15) is 23.0 Å². The molecule has 9 nitrogen and oxygen atoms in total. The molecule has 3 N–H and O–H groups in total. The molecule has 2 bridgehead atoms. The molecule has 3 aromatic heterocycles. The molecule has 11 heteroatoms. The average molecular weight is 664 g/mol. The molecule has 3 aliphatic carbocycles. The number of halogens is 1. The van der Waals surface area contributed by atoms with Gasteiger partial charge in [0.25, 0.3) is 6.47 Å². The van der Waals surface area contributed by atoms with Gasteiger partial charge in [-0.3, -0.25) is 10.2 Å². The van der Waals surface area contributed by atoms with Crippen molar-refractivity contribution in [3.8, 4) is 0 Å². The number of pyridine rings is 1. The van der Waals surface area contributed by atoms with Gasteiger partial charge < -0.3 is 25.3 Å². The van der Waals surface area contributed by atoms with Gasteiger partial charge in [-0.05, 0) is 49.4 Å². The summed E-state index contributed by atoms with van der Waals surface area (Å²) in [6.07, 6.45) is 9.21. The first-order chi connectivity index (χ1) is 16.9. The van der Waals surface area contributed by atoms with E-state index >= 15 is 0 Å². The maximum absolute atomic E-state index is 13.7. The first-order valence-corrected chi connectivity index (χ1v) is 11.9. The number of carbonyl (C=O) groups is 1. The third-order valence-electron chi connectivity index (χ3n) is 6.54. The molecule has 0 amide bonds. The largest absolute Gasteiger partial charge is 0.482 e. The van der Waals surface area contributed by atoms with E-state index in [-0.39, 0.29) is 45.3 Å². The van der Waals surface area contributed by atoms with Gasteiger partial charge in [-0.15, -0.1) is 0 Å². The molecule has 1 atom stereocenters. The summed E-state index contributed by atoms with van der Waals surface area (Å²) in [6, 6.07) is 3.50. The quantitative estimate of drug-likeness (QED) is 0.278. The van der Waals surface area contributed by atoms with E-state index in [2.05, 4.69) is 25.0 Å². The first-order valence-electron chi connectivity index (χ1n) is 11.9. The molecule has 36 heavy (non-hydrogen) atoms. The van der Waals surface area contributed by atoms with Gasteiger partial charge in [0.2, 0.25) is 0 Å². The molecule has 0 spiro atoms. The van der Waals surface area contributed by atoms with Crippen molar-refractivity contribution in [3.63, 3.8) is 0 Å². The molecule has 1 radical (unpaired) electrons. The van der Waals surface area contributed by atoms with Crippen LogP contribution in [-0.4, -0.2) is 44.9 Å². The fraction of sp³-hybridized carbons (Fsp3) is 0.480. The number of nitrogens with zero attached hydrogens (tertiary/aromatic N) is 4. The Hall–Kier alpha value is -2.82. The van der Waals surface area contributed by atoms with Crippen LogP contribution in [0.15, 0.2) is 24.5 Å². The van der Waals surface area contributed by atoms with Crippen molar-refractivity contribution in [2.24, 2.45) is 18.9 Å². The zero-order valence-electron chi connectivity index (χ0n) is 21.1. The van der Waals surface area contributed by atoms with Crippen molar-refractivity contribution >= 4 is 34.9 Å². The predicted molar refractivity (Wildman–Crippen MR) is 135 cm³/mol. The van der Waals surface area contributed by atoms with Gasteiger partial charge in [-0.1, -0.05) is 32.5 Å². The van der Waals surface area contributed by atoms with Gasteiger partial charge in [-0.25, -0.2) is 14.4 Å². The Balaban J connectivity index is 0.000000597. The van der Waals surface area contributed by atoms with Gasteiger partial charge in [0, 0.05) is 47.2 Å². The second-order valence-electron chi connectivity index (χ2n) is 8.58. The first kappa shape index (κ1) is 29.4. The van der Waals surface area contributed by atoms with E-state index in [1.165, 1.54) is 32.8 Å². The number of methoxy groups -OCH3 is 1. The van der Waals surface area contributed by atoms with Crippen LogP contribution in [-0.2, 0) is 39.0 Å². The number of hydrogen-bond donors (Lipinski definition) is 2. The summed E-state index contributed by atoms with van der Waals surface area (Å²) in [6.45, 7) is 4.38. The second-order valence-corrected chi connectivity index (χ2v) is 8.58. The standard InChI is InChI=1S/C21H23FN7.C2H4O2.C2H6.Ta/c1-29-7-6-14-19(26-16-8-11-2-4-12(16)5-3-11)27-20(28-21(14)29)17(23)15-9-13(22)10-25-18(15)24;1-4-2-3;1-2;/h6-7,9-12,16,23H,2-5,8H2,1H3,(H2-,24,25,26,27,28);2H,1H3;1-2H3;/q-1;;;. The maximum Gasteiger partial charge on any atom is 0.292 e. The van der Waals surface area contributed by atoms with E-state index in [1.807, 2.05) is 37.7 Å². The number of ether oxygens (including phenoxy) is 1. The average Bonchev–Trinajstić information content (AvgIpc) is 3.28. The van der Waals surface area contributed by atoms with Gasteiger partial charge >= 0.3 is 0 Å². The summed E-state index contributed by atoms with van der Waals surface area (Å²) in [5, 5.41) is 13.1. The van der Waals surface area contributed by atoms with Crippen LogP contribution in [0.4, 0.5) is 16.0 Å².